The molecule has 4 heteroatoms. The lowest BCUT2D eigenvalue weighted by Gasteiger charge is -2.03. The van der Waals surface area contributed by atoms with Crippen molar-refractivity contribution in [2.75, 3.05) is 5.43 Å². The van der Waals surface area contributed by atoms with E-state index in [0.29, 0.717) is 0 Å². The summed E-state index contributed by atoms with van der Waals surface area (Å²) in [6, 6.07) is 10.1. The zero-order valence-electron chi connectivity index (χ0n) is 7.09. The summed E-state index contributed by atoms with van der Waals surface area (Å²) in [6.45, 7) is 0.732. The van der Waals surface area contributed by atoms with E-state index in [1.165, 1.54) is 10.5 Å². The molecular weight excluding hydrogens is 164 g/mol. The van der Waals surface area contributed by atoms with Gasteiger partial charge in [0.2, 0.25) is 0 Å². The molecule has 1 aromatic carbocycles. The van der Waals surface area contributed by atoms with Gasteiger partial charge in [-0.25, -0.2) is 0 Å². The Morgan fingerprint density at radius 3 is 2.46 bits per heavy atom. The zero-order valence-corrected chi connectivity index (χ0v) is 7.09. The first-order valence-corrected chi connectivity index (χ1v) is 4.09. The van der Waals surface area contributed by atoms with Crippen molar-refractivity contribution in [3.05, 3.63) is 48.3 Å². The van der Waals surface area contributed by atoms with Crippen molar-refractivity contribution in [1.82, 2.24) is 15.1 Å². The highest BCUT2D eigenvalue weighted by Crippen LogP contribution is 1.97. The van der Waals surface area contributed by atoms with E-state index in [0.717, 1.165) is 6.54 Å². The largest absolute Gasteiger partial charge is 0.288 e. The summed E-state index contributed by atoms with van der Waals surface area (Å²) in [7, 11) is 0. The minimum Gasteiger partial charge on any atom is -0.288 e. The summed E-state index contributed by atoms with van der Waals surface area (Å²) >= 11 is 0. The lowest BCUT2D eigenvalue weighted by Crippen LogP contribution is -2.16. The van der Waals surface area contributed by atoms with Gasteiger partial charge in [-0.3, -0.25) is 5.43 Å². The van der Waals surface area contributed by atoms with E-state index in [1.807, 2.05) is 18.2 Å². The van der Waals surface area contributed by atoms with Crippen LogP contribution >= 0.6 is 0 Å². The molecule has 0 amide bonds. The summed E-state index contributed by atoms with van der Waals surface area (Å²) in [5.74, 6) is 0. The molecule has 0 atom stereocenters. The van der Waals surface area contributed by atoms with Gasteiger partial charge in [0.1, 0.15) is 0 Å². The number of rotatable bonds is 3. The SMILES string of the molecule is c1ccc(CNn2nccn2)cc1. The Morgan fingerprint density at radius 2 is 1.77 bits per heavy atom. The van der Waals surface area contributed by atoms with Gasteiger partial charge in [0.25, 0.3) is 0 Å². The second-order valence-corrected chi connectivity index (χ2v) is 2.64. The van der Waals surface area contributed by atoms with Crippen molar-refractivity contribution in [3.8, 4) is 0 Å². The topological polar surface area (TPSA) is 42.7 Å². The number of benzene rings is 1. The predicted octanol–water partition coefficient (Wildman–Crippen LogP) is 1.02. The zero-order chi connectivity index (χ0) is 8.93. The molecule has 0 saturated carbocycles. The van der Waals surface area contributed by atoms with Crippen molar-refractivity contribution in [2.45, 2.75) is 6.54 Å². The molecule has 0 fully saturated rings. The molecule has 1 heterocycles. The molecule has 2 aromatic rings. The average Bonchev–Trinajstić information content (AvgIpc) is 2.69. The minimum atomic E-state index is 0.732. The van der Waals surface area contributed by atoms with Crippen LogP contribution in [-0.2, 0) is 6.54 Å². The normalized spacial score (nSPS) is 9.85. The Bertz CT molecular complexity index is 341. The molecule has 1 N–H and O–H groups in total. The standard InChI is InChI=1S/C9H10N4/c1-2-4-9(5-3-1)8-12-13-10-6-7-11-13/h1-7,12H,8H2. The molecule has 0 unspecified atom stereocenters. The van der Waals surface area contributed by atoms with Crippen molar-refractivity contribution in [1.29, 1.82) is 0 Å². The molecule has 66 valence electrons. The second kappa shape index (κ2) is 3.71. The van der Waals surface area contributed by atoms with Crippen LogP contribution in [0.25, 0.3) is 0 Å². The third kappa shape index (κ3) is 2.05. The first-order valence-electron chi connectivity index (χ1n) is 4.09. The number of hydrogen-bond acceptors (Lipinski definition) is 3. The van der Waals surface area contributed by atoms with Gasteiger partial charge in [-0.15, -0.1) is 10.2 Å². The molecule has 0 radical (unpaired) electrons. The highest BCUT2D eigenvalue weighted by molar-refractivity contribution is 5.15. The summed E-state index contributed by atoms with van der Waals surface area (Å²) < 4.78 is 0. The van der Waals surface area contributed by atoms with Gasteiger partial charge in [-0.1, -0.05) is 35.2 Å². The highest BCUT2D eigenvalue weighted by atomic mass is 15.7. The van der Waals surface area contributed by atoms with Crippen LogP contribution in [0.4, 0.5) is 0 Å². The quantitative estimate of drug-likeness (QED) is 0.755. The molecule has 4 nitrogen and oxygen atoms in total. The maximum atomic E-state index is 3.93. The molecule has 0 saturated heterocycles. The first-order chi connectivity index (χ1) is 6.45. The predicted molar refractivity (Wildman–Crippen MR) is 49.5 cm³/mol. The maximum absolute atomic E-state index is 3.93. The van der Waals surface area contributed by atoms with Crippen molar-refractivity contribution >= 4 is 0 Å². The Hall–Kier alpha value is -1.84. The summed E-state index contributed by atoms with van der Waals surface area (Å²) in [5, 5.41) is 7.85. The average molecular weight is 174 g/mol. The fourth-order valence-corrected chi connectivity index (χ4v) is 1.06. The van der Waals surface area contributed by atoms with Gasteiger partial charge in [0.05, 0.1) is 18.9 Å². The fourth-order valence-electron chi connectivity index (χ4n) is 1.06. The maximum Gasteiger partial charge on any atom is 0.0714 e. The van der Waals surface area contributed by atoms with E-state index >= 15 is 0 Å². The van der Waals surface area contributed by atoms with E-state index in [9.17, 15) is 0 Å². The third-order valence-corrected chi connectivity index (χ3v) is 1.69. The van der Waals surface area contributed by atoms with E-state index in [-0.39, 0.29) is 0 Å². The number of nitrogens with one attached hydrogen (secondary N) is 1. The van der Waals surface area contributed by atoms with Crippen LogP contribution in [-0.4, -0.2) is 15.1 Å². The van der Waals surface area contributed by atoms with Crippen LogP contribution in [0.15, 0.2) is 42.7 Å². The van der Waals surface area contributed by atoms with Crippen LogP contribution in [0, 0.1) is 0 Å². The van der Waals surface area contributed by atoms with Crippen LogP contribution in [0.1, 0.15) is 5.56 Å². The fraction of sp³-hybridized carbons (Fsp3) is 0.111. The van der Waals surface area contributed by atoms with Gasteiger partial charge < -0.3 is 0 Å². The Morgan fingerprint density at radius 1 is 1.08 bits per heavy atom. The van der Waals surface area contributed by atoms with E-state index in [2.05, 4.69) is 27.8 Å². The van der Waals surface area contributed by atoms with Crippen molar-refractivity contribution in [2.24, 2.45) is 0 Å². The number of aromatic nitrogens is 3. The van der Waals surface area contributed by atoms with Gasteiger partial charge in [-0.05, 0) is 5.56 Å². The molecule has 0 spiro atoms. The van der Waals surface area contributed by atoms with Gasteiger partial charge in [0, 0.05) is 0 Å². The summed E-state index contributed by atoms with van der Waals surface area (Å²) in [4.78, 5) is 1.45. The van der Waals surface area contributed by atoms with Gasteiger partial charge >= 0.3 is 0 Å². The third-order valence-electron chi connectivity index (χ3n) is 1.69. The number of hydrogen-bond donors (Lipinski definition) is 1. The van der Waals surface area contributed by atoms with E-state index < -0.39 is 0 Å². The molecule has 1 aromatic heterocycles. The van der Waals surface area contributed by atoms with Crippen LogP contribution in [0.5, 0.6) is 0 Å². The van der Waals surface area contributed by atoms with Crippen molar-refractivity contribution in [3.63, 3.8) is 0 Å². The molecule has 2 rings (SSSR count). The smallest absolute Gasteiger partial charge is 0.0714 e. The van der Waals surface area contributed by atoms with E-state index in [4.69, 9.17) is 0 Å². The minimum absolute atomic E-state index is 0.732. The molecule has 13 heavy (non-hydrogen) atoms. The molecule has 0 aliphatic carbocycles. The second-order valence-electron chi connectivity index (χ2n) is 2.64. The Kier molecular flexibility index (Phi) is 2.22. The number of nitrogens with zero attached hydrogens (tertiary/aromatic N) is 3. The lowest BCUT2D eigenvalue weighted by molar-refractivity contribution is 0.635. The van der Waals surface area contributed by atoms with Crippen LogP contribution in [0.2, 0.25) is 0 Å². The van der Waals surface area contributed by atoms with E-state index in [1.54, 1.807) is 12.4 Å². The summed E-state index contributed by atoms with van der Waals surface area (Å²) in [6.07, 6.45) is 3.27. The molecule has 0 aliphatic rings. The van der Waals surface area contributed by atoms with Crippen molar-refractivity contribution < 1.29 is 0 Å². The molecule has 0 bridgehead atoms. The molecular formula is C9H10N4. The van der Waals surface area contributed by atoms with Gasteiger partial charge in [0.15, 0.2) is 0 Å². The Balaban J connectivity index is 1.94. The Labute approximate surface area is 76.2 Å². The summed E-state index contributed by atoms with van der Waals surface area (Å²) in [5.41, 5.74) is 4.24. The van der Waals surface area contributed by atoms with Gasteiger partial charge in [-0.2, -0.15) is 0 Å². The first kappa shape index (κ1) is 7.79. The van der Waals surface area contributed by atoms with Crippen LogP contribution in [0.3, 0.4) is 0 Å². The molecule has 0 aliphatic heterocycles. The van der Waals surface area contributed by atoms with Crippen LogP contribution < -0.4 is 5.43 Å². The lowest BCUT2D eigenvalue weighted by atomic mass is 10.2. The highest BCUT2D eigenvalue weighted by Gasteiger charge is 1.90. The monoisotopic (exact) mass is 174 g/mol.